The van der Waals surface area contributed by atoms with Gasteiger partial charge in [0.05, 0.1) is 17.3 Å². The Morgan fingerprint density at radius 3 is 2.87 bits per heavy atom. The Morgan fingerprint density at radius 2 is 2.13 bits per heavy atom. The van der Waals surface area contributed by atoms with E-state index in [1.54, 1.807) is 0 Å². The minimum atomic E-state index is -0.516. The van der Waals surface area contributed by atoms with Gasteiger partial charge in [0.2, 0.25) is 0 Å². The number of benzene rings is 1. The molecule has 15 heavy (non-hydrogen) atoms. The number of hydrogen-bond donors (Lipinski definition) is 1. The Morgan fingerprint density at radius 1 is 1.33 bits per heavy atom. The molecule has 3 rings (SSSR count). The molecule has 1 aliphatic carbocycles. The quantitative estimate of drug-likeness (QED) is 0.743. The van der Waals surface area contributed by atoms with Gasteiger partial charge in [0, 0.05) is 12.1 Å². The Kier molecular flexibility index (Phi) is 2.10. The highest BCUT2D eigenvalue weighted by atomic mass is 32.2. The lowest BCUT2D eigenvalue weighted by molar-refractivity contribution is 0.567. The first-order valence-electron chi connectivity index (χ1n) is 4.91. The molecule has 2 aliphatic rings. The molecule has 0 aromatic heterocycles. The normalized spacial score (nSPS) is 20.3. The molecular formula is C10H10F2N2S. The number of anilines is 1. The minimum absolute atomic E-state index is 0.428. The first-order chi connectivity index (χ1) is 7.25. The molecule has 0 unspecified atom stereocenters. The lowest BCUT2D eigenvalue weighted by atomic mass is 10.2. The summed E-state index contributed by atoms with van der Waals surface area (Å²) >= 11 is 1.29. The number of fused-ring (bicyclic) bond motifs is 1. The molecule has 80 valence electrons. The van der Waals surface area contributed by atoms with Crippen LogP contribution in [-0.2, 0) is 0 Å². The maximum absolute atomic E-state index is 13.6. The van der Waals surface area contributed by atoms with Crippen molar-refractivity contribution < 1.29 is 8.78 Å². The smallest absolute Gasteiger partial charge is 0.150 e. The highest BCUT2D eigenvalue weighted by molar-refractivity contribution is 7.97. The number of halogens is 2. The van der Waals surface area contributed by atoms with Crippen LogP contribution in [0.3, 0.4) is 0 Å². The van der Waals surface area contributed by atoms with Crippen LogP contribution in [0.15, 0.2) is 17.0 Å². The van der Waals surface area contributed by atoms with Crippen LogP contribution in [-0.4, -0.2) is 12.7 Å². The molecule has 0 bridgehead atoms. The SMILES string of the molecule is Fc1cc(F)c2c(c1)SNCN2C1CC1. The highest BCUT2D eigenvalue weighted by Crippen LogP contribution is 2.41. The monoisotopic (exact) mass is 228 g/mol. The van der Waals surface area contributed by atoms with Crippen molar-refractivity contribution in [2.45, 2.75) is 23.8 Å². The molecule has 1 saturated carbocycles. The van der Waals surface area contributed by atoms with Crippen molar-refractivity contribution in [3.8, 4) is 0 Å². The van der Waals surface area contributed by atoms with Gasteiger partial charge in [-0.05, 0) is 30.9 Å². The second-order valence-electron chi connectivity index (χ2n) is 3.84. The van der Waals surface area contributed by atoms with Crippen LogP contribution in [0.2, 0.25) is 0 Å². The molecule has 0 spiro atoms. The third-order valence-corrected chi connectivity index (χ3v) is 3.49. The number of hydrogen-bond acceptors (Lipinski definition) is 3. The Hall–Kier alpha value is -0.810. The van der Waals surface area contributed by atoms with Crippen LogP contribution >= 0.6 is 11.9 Å². The van der Waals surface area contributed by atoms with E-state index in [0.29, 0.717) is 23.3 Å². The second kappa shape index (κ2) is 3.35. The zero-order valence-electron chi connectivity index (χ0n) is 7.96. The molecule has 1 fully saturated rings. The predicted molar refractivity (Wildman–Crippen MR) is 55.7 cm³/mol. The van der Waals surface area contributed by atoms with Gasteiger partial charge in [0.1, 0.15) is 5.82 Å². The van der Waals surface area contributed by atoms with E-state index in [-0.39, 0.29) is 0 Å². The summed E-state index contributed by atoms with van der Waals surface area (Å²) in [5.41, 5.74) is 0.558. The standard InChI is InChI=1S/C10H10F2N2S/c11-6-3-8(12)10-9(4-6)15-13-5-14(10)7-1-2-7/h3-4,7,13H,1-2,5H2. The van der Waals surface area contributed by atoms with Gasteiger partial charge in [-0.2, -0.15) is 0 Å². The Labute approximate surface area is 90.8 Å². The van der Waals surface area contributed by atoms with Crippen molar-refractivity contribution in [1.82, 2.24) is 4.72 Å². The molecule has 0 radical (unpaired) electrons. The molecular weight excluding hydrogens is 218 g/mol. The average Bonchev–Trinajstić information content (AvgIpc) is 2.99. The fourth-order valence-electron chi connectivity index (χ4n) is 1.86. The number of nitrogens with zero attached hydrogens (tertiary/aromatic N) is 1. The first kappa shape index (κ1) is 9.42. The van der Waals surface area contributed by atoms with Gasteiger partial charge in [0.25, 0.3) is 0 Å². The van der Waals surface area contributed by atoms with Crippen LogP contribution in [0.5, 0.6) is 0 Å². The van der Waals surface area contributed by atoms with Gasteiger partial charge in [-0.25, -0.2) is 13.5 Å². The lowest BCUT2D eigenvalue weighted by Gasteiger charge is -2.31. The predicted octanol–water partition coefficient (Wildman–Crippen LogP) is 2.50. The molecule has 0 saturated heterocycles. The van der Waals surface area contributed by atoms with E-state index in [2.05, 4.69) is 4.72 Å². The van der Waals surface area contributed by atoms with E-state index in [1.807, 2.05) is 4.90 Å². The zero-order valence-corrected chi connectivity index (χ0v) is 8.78. The van der Waals surface area contributed by atoms with Crippen LogP contribution in [0, 0.1) is 11.6 Å². The van der Waals surface area contributed by atoms with Crippen molar-refractivity contribution in [2.24, 2.45) is 0 Å². The van der Waals surface area contributed by atoms with Crippen molar-refractivity contribution >= 4 is 17.6 Å². The molecule has 0 atom stereocenters. The lowest BCUT2D eigenvalue weighted by Crippen LogP contribution is -2.37. The average molecular weight is 228 g/mol. The Balaban J connectivity index is 2.08. The van der Waals surface area contributed by atoms with Crippen LogP contribution < -0.4 is 9.62 Å². The summed E-state index contributed by atoms with van der Waals surface area (Å²) in [7, 11) is 0. The maximum Gasteiger partial charge on any atom is 0.150 e. The minimum Gasteiger partial charge on any atom is -0.352 e. The van der Waals surface area contributed by atoms with Crippen molar-refractivity contribution in [2.75, 3.05) is 11.6 Å². The molecule has 1 aliphatic heterocycles. The third-order valence-electron chi connectivity index (χ3n) is 2.69. The summed E-state index contributed by atoms with van der Waals surface area (Å²) < 4.78 is 29.7. The molecule has 1 heterocycles. The van der Waals surface area contributed by atoms with Gasteiger partial charge in [-0.1, -0.05) is 0 Å². The first-order valence-corrected chi connectivity index (χ1v) is 5.73. The van der Waals surface area contributed by atoms with E-state index in [1.165, 1.54) is 18.0 Å². The summed E-state index contributed by atoms with van der Waals surface area (Å²) in [6, 6.07) is 2.77. The summed E-state index contributed by atoms with van der Waals surface area (Å²) in [4.78, 5) is 2.63. The van der Waals surface area contributed by atoms with E-state index in [4.69, 9.17) is 0 Å². The third kappa shape index (κ3) is 1.59. The van der Waals surface area contributed by atoms with Crippen molar-refractivity contribution in [3.05, 3.63) is 23.8 Å². The van der Waals surface area contributed by atoms with E-state index >= 15 is 0 Å². The molecule has 1 aromatic carbocycles. The van der Waals surface area contributed by atoms with E-state index in [0.717, 1.165) is 18.9 Å². The van der Waals surface area contributed by atoms with Crippen molar-refractivity contribution in [3.63, 3.8) is 0 Å². The molecule has 0 amide bonds. The molecule has 5 heteroatoms. The summed E-state index contributed by atoms with van der Waals surface area (Å²) in [6.07, 6.45) is 2.20. The number of nitrogens with one attached hydrogen (secondary N) is 1. The Bertz CT molecular complexity index is 407. The summed E-state index contributed by atoms with van der Waals surface area (Å²) in [5, 5.41) is 0. The zero-order chi connectivity index (χ0) is 10.4. The fraction of sp³-hybridized carbons (Fsp3) is 0.400. The van der Waals surface area contributed by atoms with Crippen LogP contribution in [0.25, 0.3) is 0 Å². The molecule has 1 aromatic rings. The van der Waals surface area contributed by atoms with Gasteiger partial charge in [0.15, 0.2) is 5.82 Å². The van der Waals surface area contributed by atoms with Crippen molar-refractivity contribution in [1.29, 1.82) is 0 Å². The largest absolute Gasteiger partial charge is 0.352 e. The second-order valence-corrected chi connectivity index (χ2v) is 4.77. The van der Waals surface area contributed by atoms with Gasteiger partial charge in [-0.3, -0.25) is 0 Å². The fourth-order valence-corrected chi connectivity index (χ4v) is 2.70. The number of rotatable bonds is 1. The maximum atomic E-state index is 13.6. The van der Waals surface area contributed by atoms with Gasteiger partial charge in [-0.15, -0.1) is 0 Å². The van der Waals surface area contributed by atoms with E-state index < -0.39 is 11.6 Å². The van der Waals surface area contributed by atoms with Crippen LogP contribution in [0.4, 0.5) is 14.5 Å². The summed E-state index contributed by atoms with van der Waals surface area (Å²) in [5.74, 6) is -0.968. The highest BCUT2D eigenvalue weighted by Gasteiger charge is 2.34. The van der Waals surface area contributed by atoms with E-state index in [9.17, 15) is 8.78 Å². The molecule has 1 N–H and O–H groups in total. The summed E-state index contributed by atoms with van der Waals surface area (Å²) in [6.45, 7) is 0.630. The van der Waals surface area contributed by atoms with Crippen LogP contribution in [0.1, 0.15) is 12.8 Å². The van der Waals surface area contributed by atoms with Gasteiger partial charge < -0.3 is 4.90 Å². The topological polar surface area (TPSA) is 15.3 Å². The molecule has 2 nitrogen and oxygen atoms in total. The van der Waals surface area contributed by atoms with Gasteiger partial charge >= 0.3 is 0 Å².